The van der Waals surface area contributed by atoms with Gasteiger partial charge in [0, 0.05) is 17.5 Å². The van der Waals surface area contributed by atoms with E-state index in [0.29, 0.717) is 5.82 Å². The molecule has 0 fully saturated rings. The summed E-state index contributed by atoms with van der Waals surface area (Å²) >= 11 is 0. The van der Waals surface area contributed by atoms with Crippen LogP contribution in [0.25, 0.3) is 11.3 Å². The van der Waals surface area contributed by atoms with Gasteiger partial charge >= 0.3 is 0 Å². The van der Waals surface area contributed by atoms with Gasteiger partial charge in [0.25, 0.3) is 0 Å². The maximum absolute atomic E-state index is 6.01. The Balaban J connectivity index is 2.24. The monoisotopic (exact) mass is 255 g/mol. The van der Waals surface area contributed by atoms with Gasteiger partial charge in [-0.2, -0.15) is 0 Å². The van der Waals surface area contributed by atoms with Crippen LogP contribution < -0.4 is 10.5 Å². The molecule has 0 spiro atoms. The van der Waals surface area contributed by atoms with Crippen LogP contribution in [0.2, 0.25) is 0 Å². The van der Waals surface area contributed by atoms with E-state index in [4.69, 9.17) is 10.5 Å². The molecule has 1 aromatic heterocycles. The van der Waals surface area contributed by atoms with Crippen molar-refractivity contribution in [3.63, 3.8) is 0 Å². The number of para-hydroxylation sites is 1. The van der Waals surface area contributed by atoms with E-state index in [9.17, 15) is 0 Å². The van der Waals surface area contributed by atoms with E-state index < -0.39 is 0 Å². The first kappa shape index (κ1) is 12.0. The molecule has 3 rings (SSSR count). The van der Waals surface area contributed by atoms with E-state index in [1.807, 2.05) is 12.1 Å². The minimum atomic E-state index is 0.272. The summed E-state index contributed by atoms with van der Waals surface area (Å²) in [5.74, 6) is 1.77. The summed E-state index contributed by atoms with van der Waals surface area (Å²) in [6, 6.07) is 6.19. The molecular weight excluding hydrogens is 238 g/mol. The molecular formula is C15H17N3O. The van der Waals surface area contributed by atoms with Crippen molar-refractivity contribution in [2.45, 2.75) is 26.2 Å². The van der Waals surface area contributed by atoms with Crippen molar-refractivity contribution in [3.8, 4) is 17.0 Å². The van der Waals surface area contributed by atoms with Crippen molar-refractivity contribution < 1.29 is 4.74 Å². The average Bonchev–Trinajstić information content (AvgIpc) is 2.85. The fourth-order valence-corrected chi connectivity index (χ4v) is 2.59. The molecule has 4 heteroatoms. The number of hydrogen-bond acceptors (Lipinski definition) is 4. The molecule has 19 heavy (non-hydrogen) atoms. The summed E-state index contributed by atoms with van der Waals surface area (Å²) in [7, 11) is 0. The standard InChI is InChI=1S/C15H17N3O/c1-9(2)12-13(17-8-18-15(12)16)11-5-3-4-10-6-7-19-14(10)11/h3-5,8-9H,6-7H2,1-2H3,(H2,16,17,18). The predicted molar refractivity (Wildman–Crippen MR) is 75.2 cm³/mol. The average molecular weight is 255 g/mol. The second-order valence-corrected chi connectivity index (χ2v) is 5.07. The molecule has 2 N–H and O–H groups in total. The van der Waals surface area contributed by atoms with Crippen molar-refractivity contribution in [2.24, 2.45) is 0 Å². The number of anilines is 1. The second kappa shape index (κ2) is 4.53. The SMILES string of the molecule is CC(C)c1c(N)ncnc1-c1cccc2c1OCC2. The van der Waals surface area contributed by atoms with E-state index in [-0.39, 0.29) is 5.92 Å². The molecule has 0 atom stereocenters. The van der Waals surface area contributed by atoms with Crippen LogP contribution in [0.3, 0.4) is 0 Å². The molecule has 0 aliphatic carbocycles. The van der Waals surface area contributed by atoms with Gasteiger partial charge in [-0.25, -0.2) is 9.97 Å². The Labute approximate surface area is 112 Å². The van der Waals surface area contributed by atoms with Crippen LogP contribution in [-0.2, 0) is 6.42 Å². The zero-order chi connectivity index (χ0) is 13.4. The summed E-state index contributed by atoms with van der Waals surface area (Å²) in [5.41, 5.74) is 10.2. The van der Waals surface area contributed by atoms with E-state index in [0.717, 1.165) is 35.6 Å². The molecule has 2 heterocycles. The zero-order valence-electron chi connectivity index (χ0n) is 11.2. The summed E-state index contributed by atoms with van der Waals surface area (Å²) in [4.78, 5) is 8.54. The Hall–Kier alpha value is -2.10. The van der Waals surface area contributed by atoms with Gasteiger partial charge in [-0.1, -0.05) is 26.0 Å². The van der Waals surface area contributed by atoms with Gasteiger partial charge in [0.1, 0.15) is 17.9 Å². The minimum Gasteiger partial charge on any atom is -0.492 e. The molecule has 1 aromatic carbocycles. The van der Waals surface area contributed by atoms with Crippen LogP contribution in [0.4, 0.5) is 5.82 Å². The Morgan fingerprint density at radius 3 is 2.89 bits per heavy atom. The van der Waals surface area contributed by atoms with E-state index in [1.54, 1.807) is 0 Å². The lowest BCUT2D eigenvalue weighted by Crippen LogP contribution is -2.04. The van der Waals surface area contributed by atoms with Crippen molar-refractivity contribution in [3.05, 3.63) is 35.7 Å². The minimum absolute atomic E-state index is 0.272. The third-order valence-electron chi connectivity index (χ3n) is 3.46. The van der Waals surface area contributed by atoms with Crippen LogP contribution in [0, 0.1) is 0 Å². The topological polar surface area (TPSA) is 61.0 Å². The summed E-state index contributed by atoms with van der Waals surface area (Å²) in [6.07, 6.45) is 2.48. The van der Waals surface area contributed by atoms with Gasteiger partial charge in [-0.05, 0) is 17.5 Å². The first-order chi connectivity index (χ1) is 9.18. The quantitative estimate of drug-likeness (QED) is 0.896. The number of nitrogens with zero attached hydrogens (tertiary/aromatic N) is 2. The van der Waals surface area contributed by atoms with Crippen LogP contribution in [-0.4, -0.2) is 16.6 Å². The maximum atomic E-state index is 6.01. The Kier molecular flexibility index (Phi) is 2.85. The summed E-state index contributed by atoms with van der Waals surface area (Å²) in [6.45, 7) is 4.94. The largest absolute Gasteiger partial charge is 0.492 e. The third kappa shape index (κ3) is 1.93. The molecule has 0 saturated carbocycles. The van der Waals surface area contributed by atoms with E-state index in [1.165, 1.54) is 11.9 Å². The highest BCUT2D eigenvalue weighted by Gasteiger charge is 2.22. The molecule has 1 aliphatic rings. The number of nitrogens with two attached hydrogens (primary N) is 1. The van der Waals surface area contributed by atoms with Crippen molar-refractivity contribution >= 4 is 5.82 Å². The number of rotatable bonds is 2. The van der Waals surface area contributed by atoms with Crippen molar-refractivity contribution in [2.75, 3.05) is 12.3 Å². The molecule has 0 bridgehead atoms. The molecule has 0 unspecified atom stereocenters. The first-order valence-electron chi connectivity index (χ1n) is 6.54. The molecule has 0 saturated heterocycles. The van der Waals surface area contributed by atoms with Crippen LogP contribution in [0.5, 0.6) is 5.75 Å². The molecule has 4 nitrogen and oxygen atoms in total. The fourth-order valence-electron chi connectivity index (χ4n) is 2.59. The van der Waals surface area contributed by atoms with Gasteiger partial charge in [-0.3, -0.25) is 0 Å². The Bertz CT molecular complexity index is 623. The molecule has 0 amide bonds. The maximum Gasteiger partial charge on any atom is 0.132 e. The Morgan fingerprint density at radius 1 is 1.26 bits per heavy atom. The van der Waals surface area contributed by atoms with Crippen molar-refractivity contribution in [1.82, 2.24) is 9.97 Å². The van der Waals surface area contributed by atoms with Crippen LogP contribution in [0.1, 0.15) is 30.9 Å². The normalized spacial score (nSPS) is 13.4. The van der Waals surface area contributed by atoms with Gasteiger partial charge in [0.15, 0.2) is 0 Å². The number of hydrogen-bond donors (Lipinski definition) is 1. The van der Waals surface area contributed by atoms with Crippen LogP contribution in [0.15, 0.2) is 24.5 Å². The number of nitrogen functional groups attached to an aromatic ring is 1. The second-order valence-electron chi connectivity index (χ2n) is 5.07. The number of aromatic nitrogens is 2. The van der Waals surface area contributed by atoms with Crippen molar-refractivity contribution in [1.29, 1.82) is 0 Å². The molecule has 0 radical (unpaired) electrons. The highest BCUT2D eigenvalue weighted by molar-refractivity contribution is 5.75. The first-order valence-corrected chi connectivity index (χ1v) is 6.54. The summed E-state index contributed by atoms with van der Waals surface area (Å²) in [5, 5.41) is 0. The Morgan fingerprint density at radius 2 is 2.11 bits per heavy atom. The molecule has 1 aliphatic heterocycles. The smallest absolute Gasteiger partial charge is 0.132 e. The van der Waals surface area contributed by atoms with E-state index in [2.05, 4.69) is 29.9 Å². The van der Waals surface area contributed by atoms with Crippen LogP contribution >= 0.6 is 0 Å². The fraction of sp³-hybridized carbons (Fsp3) is 0.333. The zero-order valence-corrected chi connectivity index (χ0v) is 11.2. The molecule has 98 valence electrons. The number of fused-ring (bicyclic) bond motifs is 1. The highest BCUT2D eigenvalue weighted by atomic mass is 16.5. The van der Waals surface area contributed by atoms with E-state index >= 15 is 0 Å². The van der Waals surface area contributed by atoms with Gasteiger partial charge < -0.3 is 10.5 Å². The lowest BCUT2D eigenvalue weighted by molar-refractivity contribution is 0.358. The lowest BCUT2D eigenvalue weighted by atomic mass is 9.96. The number of ether oxygens (including phenoxy) is 1. The molecule has 2 aromatic rings. The summed E-state index contributed by atoms with van der Waals surface area (Å²) < 4.78 is 5.76. The lowest BCUT2D eigenvalue weighted by Gasteiger charge is -2.15. The van der Waals surface area contributed by atoms with Gasteiger partial charge in [0.05, 0.1) is 12.3 Å². The highest BCUT2D eigenvalue weighted by Crippen LogP contribution is 2.39. The van der Waals surface area contributed by atoms with Gasteiger partial charge in [0.2, 0.25) is 0 Å². The van der Waals surface area contributed by atoms with Gasteiger partial charge in [-0.15, -0.1) is 0 Å². The third-order valence-corrected chi connectivity index (χ3v) is 3.46. The predicted octanol–water partition coefficient (Wildman–Crippen LogP) is 2.78. The number of benzene rings is 1.